The number of amides is 2. The minimum atomic E-state index is -0.289. The number of aromatic nitrogens is 1. The molecule has 2 aromatic heterocycles. The first-order valence-electron chi connectivity index (χ1n) is 10.7. The van der Waals surface area contributed by atoms with E-state index in [4.69, 9.17) is 4.42 Å². The molecule has 3 aromatic rings. The fourth-order valence-corrected chi connectivity index (χ4v) is 3.99. The molecule has 0 saturated carbocycles. The van der Waals surface area contributed by atoms with E-state index in [1.54, 1.807) is 24.5 Å². The Balaban J connectivity index is 1.34. The maximum absolute atomic E-state index is 12.9. The van der Waals surface area contributed by atoms with Crippen molar-refractivity contribution in [3.8, 4) is 0 Å². The molecule has 4 rings (SSSR count). The van der Waals surface area contributed by atoms with Crippen molar-refractivity contribution in [1.29, 1.82) is 0 Å². The Kier molecular flexibility index (Phi) is 6.32. The van der Waals surface area contributed by atoms with Gasteiger partial charge in [0.05, 0.1) is 12.1 Å². The summed E-state index contributed by atoms with van der Waals surface area (Å²) in [6.07, 6.45) is 4.09. The van der Waals surface area contributed by atoms with Crippen molar-refractivity contribution in [3.63, 3.8) is 0 Å². The number of benzene rings is 1. The number of carbonyl (C=O) groups is 2. The van der Waals surface area contributed by atoms with E-state index in [0.29, 0.717) is 25.2 Å². The van der Waals surface area contributed by atoms with E-state index in [0.717, 1.165) is 29.7 Å². The summed E-state index contributed by atoms with van der Waals surface area (Å²) in [6, 6.07) is 12.8. The van der Waals surface area contributed by atoms with E-state index in [1.807, 2.05) is 49.1 Å². The topological polar surface area (TPSA) is 78.7 Å². The molecule has 31 heavy (non-hydrogen) atoms. The molecule has 2 unspecified atom stereocenters. The molecule has 1 aromatic carbocycles. The number of rotatable bonds is 5. The smallest absolute Gasteiger partial charge is 0.254 e. The number of nitrogens with one attached hydrogen (secondary N) is 1. The molecule has 0 spiro atoms. The van der Waals surface area contributed by atoms with Crippen molar-refractivity contribution < 1.29 is 14.0 Å². The number of fused-ring (bicyclic) bond motifs is 1. The second kappa shape index (κ2) is 9.31. The van der Waals surface area contributed by atoms with Gasteiger partial charge in [0.15, 0.2) is 0 Å². The Morgan fingerprint density at radius 2 is 1.81 bits per heavy atom. The maximum Gasteiger partial charge on any atom is 0.254 e. The van der Waals surface area contributed by atoms with Crippen LogP contribution in [0.4, 0.5) is 0 Å². The van der Waals surface area contributed by atoms with Crippen LogP contribution in [0.1, 0.15) is 42.4 Å². The second-order valence-corrected chi connectivity index (χ2v) is 8.01. The number of furan rings is 1. The normalized spacial score (nSPS) is 17.2. The van der Waals surface area contributed by atoms with Gasteiger partial charge in [-0.3, -0.25) is 19.5 Å². The molecule has 2 amide bonds. The third-order valence-electron chi connectivity index (χ3n) is 5.90. The van der Waals surface area contributed by atoms with Gasteiger partial charge in [0.1, 0.15) is 11.3 Å². The second-order valence-electron chi connectivity index (χ2n) is 8.01. The molecule has 162 valence electrons. The van der Waals surface area contributed by atoms with E-state index in [1.165, 1.54) is 0 Å². The lowest BCUT2D eigenvalue weighted by Crippen LogP contribution is -2.47. The molecular weight excluding hydrogens is 392 g/mol. The monoisotopic (exact) mass is 420 g/mol. The lowest BCUT2D eigenvalue weighted by Gasteiger charge is -2.27. The Morgan fingerprint density at radius 3 is 2.58 bits per heavy atom. The molecular formula is C24H28N4O3. The molecule has 3 heterocycles. The highest BCUT2D eigenvalue weighted by molar-refractivity contribution is 5.94. The molecule has 1 fully saturated rings. The predicted octanol–water partition coefficient (Wildman–Crippen LogP) is 3.24. The summed E-state index contributed by atoms with van der Waals surface area (Å²) in [5, 5.41) is 4.10. The van der Waals surface area contributed by atoms with Crippen LogP contribution in [0.15, 0.2) is 59.3 Å². The van der Waals surface area contributed by atoms with Gasteiger partial charge < -0.3 is 14.6 Å². The molecule has 1 aliphatic rings. The molecule has 0 bridgehead atoms. The van der Waals surface area contributed by atoms with Crippen LogP contribution in [-0.4, -0.2) is 58.8 Å². The average molecular weight is 421 g/mol. The van der Waals surface area contributed by atoms with Gasteiger partial charge in [-0.25, -0.2) is 0 Å². The summed E-state index contributed by atoms with van der Waals surface area (Å²) in [4.78, 5) is 33.6. The zero-order valence-electron chi connectivity index (χ0n) is 18.0. The van der Waals surface area contributed by atoms with Crippen LogP contribution in [0.5, 0.6) is 0 Å². The number of pyridine rings is 1. The average Bonchev–Trinajstić information content (AvgIpc) is 3.09. The molecule has 1 aliphatic heterocycles. The van der Waals surface area contributed by atoms with Crippen LogP contribution in [0.2, 0.25) is 0 Å². The van der Waals surface area contributed by atoms with Gasteiger partial charge in [-0.05, 0) is 44.5 Å². The number of carbonyl (C=O) groups excluding carboxylic acids is 2. The van der Waals surface area contributed by atoms with Gasteiger partial charge in [-0.2, -0.15) is 0 Å². The lowest BCUT2D eigenvalue weighted by atomic mass is 10.2. The Labute approximate surface area is 182 Å². The van der Waals surface area contributed by atoms with Crippen molar-refractivity contribution in [1.82, 2.24) is 20.1 Å². The first kappa shape index (κ1) is 21.1. The minimum Gasteiger partial charge on any atom is -0.459 e. The molecule has 1 saturated heterocycles. The summed E-state index contributed by atoms with van der Waals surface area (Å²) in [5.74, 6) is 0.716. The van der Waals surface area contributed by atoms with Crippen LogP contribution in [0, 0.1) is 0 Å². The first-order chi connectivity index (χ1) is 15.0. The zero-order valence-corrected chi connectivity index (χ0v) is 18.0. The fraction of sp³-hybridized carbons (Fsp3) is 0.375. The highest BCUT2D eigenvalue weighted by Gasteiger charge is 2.27. The van der Waals surface area contributed by atoms with Gasteiger partial charge in [0, 0.05) is 49.5 Å². The van der Waals surface area contributed by atoms with Gasteiger partial charge >= 0.3 is 0 Å². The van der Waals surface area contributed by atoms with E-state index in [9.17, 15) is 9.59 Å². The molecule has 0 aliphatic carbocycles. The number of hydrogen-bond donors (Lipinski definition) is 1. The molecule has 0 radical (unpaired) electrons. The van der Waals surface area contributed by atoms with Gasteiger partial charge in [0.2, 0.25) is 5.91 Å². The SMILES string of the molecule is CC(NC(=O)C(C)N1CCCN(C(=O)c2ccncc2)CC1)c1cc2ccccc2o1. The standard InChI is InChI=1S/C24H28N4O3/c1-17(22-16-20-6-3-4-7-21(20)31-22)26-23(29)18(2)27-12-5-13-28(15-14-27)24(30)19-8-10-25-11-9-19/h3-4,6-11,16-18H,5,12-15H2,1-2H3,(H,26,29). The Morgan fingerprint density at radius 1 is 1.03 bits per heavy atom. The molecule has 7 nitrogen and oxygen atoms in total. The quantitative estimate of drug-likeness (QED) is 0.686. The maximum atomic E-state index is 12.9. The van der Waals surface area contributed by atoms with Crippen molar-refractivity contribution in [2.24, 2.45) is 0 Å². The van der Waals surface area contributed by atoms with Crippen LogP contribution in [0.25, 0.3) is 11.0 Å². The third kappa shape index (κ3) is 4.77. The fourth-order valence-electron chi connectivity index (χ4n) is 3.99. The van der Waals surface area contributed by atoms with Crippen LogP contribution >= 0.6 is 0 Å². The number of hydrogen-bond acceptors (Lipinski definition) is 5. The van der Waals surface area contributed by atoms with Crippen LogP contribution < -0.4 is 5.32 Å². The zero-order chi connectivity index (χ0) is 21.8. The predicted molar refractivity (Wildman–Crippen MR) is 119 cm³/mol. The number of para-hydroxylation sites is 1. The van der Waals surface area contributed by atoms with E-state index >= 15 is 0 Å². The third-order valence-corrected chi connectivity index (χ3v) is 5.90. The Hall–Kier alpha value is -3.19. The van der Waals surface area contributed by atoms with Crippen molar-refractivity contribution in [2.75, 3.05) is 26.2 Å². The van der Waals surface area contributed by atoms with Crippen molar-refractivity contribution >= 4 is 22.8 Å². The van der Waals surface area contributed by atoms with Crippen LogP contribution in [-0.2, 0) is 4.79 Å². The first-order valence-corrected chi connectivity index (χ1v) is 10.7. The molecule has 2 atom stereocenters. The van der Waals surface area contributed by atoms with Gasteiger partial charge in [0.25, 0.3) is 5.91 Å². The van der Waals surface area contributed by atoms with Crippen molar-refractivity contribution in [3.05, 3.63) is 66.2 Å². The summed E-state index contributed by atoms with van der Waals surface area (Å²) < 4.78 is 5.88. The highest BCUT2D eigenvalue weighted by atomic mass is 16.3. The minimum absolute atomic E-state index is 0.0138. The molecule has 7 heteroatoms. The number of nitrogens with zero attached hydrogens (tertiary/aromatic N) is 3. The van der Waals surface area contributed by atoms with Gasteiger partial charge in [-0.1, -0.05) is 18.2 Å². The van der Waals surface area contributed by atoms with E-state index in [-0.39, 0.29) is 23.9 Å². The summed E-state index contributed by atoms with van der Waals surface area (Å²) in [6.45, 7) is 6.55. The van der Waals surface area contributed by atoms with Crippen molar-refractivity contribution in [2.45, 2.75) is 32.4 Å². The van der Waals surface area contributed by atoms with Gasteiger partial charge in [-0.15, -0.1) is 0 Å². The lowest BCUT2D eigenvalue weighted by molar-refractivity contribution is -0.126. The largest absolute Gasteiger partial charge is 0.459 e. The van der Waals surface area contributed by atoms with E-state index in [2.05, 4.69) is 15.2 Å². The summed E-state index contributed by atoms with van der Waals surface area (Å²) in [5.41, 5.74) is 1.46. The van der Waals surface area contributed by atoms with E-state index < -0.39 is 0 Å². The highest BCUT2D eigenvalue weighted by Crippen LogP contribution is 2.23. The summed E-state index contributed by atoms with van der Waals surface area (Å²) in [7, 11) is 0. The molecule has 1 N–H and O–H groups in total. The van der Waals surface area contributed by atoms with Crippen LogP contribution in [0.3, 0.4) is 0 Å². The summed E-state index contributed by atoms with van der Waals surface area (Å²) >= 11 is 0. The Bertz CT molecular complexity index is 1020.